The summed E-state index contributed by atoms with van der Waals surface area (Å²) in [5.74, 6) is -1.10. The maximum Gasteiger partial charge on any atom is 0.264 e. The number of nitrogens with zero attached hydrogens (tertiary/aromatic N) is 2. The number of methoxy groups -OCH3 is 1. The second kappa shape index (κ2) is 15.8. The fourth-order valence-electron chi connectivity index (χ4n) is 5.91. The SMILES string of the molecule is COc1ccc(S(=O)(=O)N(CC(=O)N(Cc2ccccc2F)[C@@H](Cc2ccccc2)C(=O)NC2CCCC2)c2ccc(C)cc2)cc1Br. The van der Waals surface area contributed by atoms with Crippen LogP contribution in [-0.2, 0) is 32.6 Å². The van der Waals surface area contributed by atoms with E-state index >= 15 is 4.39 Å². The molecule has 5 rings (SSSR count). The van der Waals surface area contributed by atoms with Gasteiger partial charge in [0, 0.05) is 24.6 Å². The van der Waals surface area contributed by atoms with E-state index < -0.39 is 34.3 Å². The highest BCUT2D eigenvalue weighted by molar-refractivity contribution is 9.10. The molecule has 11 heteroatoms. The van der Waals surface area contributed by atoms with Crippen molar-refractivity contribution in [2.75, 3.05) is 18.0 Å². The molecule has 0 unspecified atom stereocenters. The number of nitrogens with one attached hydrogen (secondary N) is 1. The van der Waals surface area contributed by atoms with E-state index in [9.17, 15) is 18.0 Å². The van der Waals surface area contributed by atoms with Gasteiger partial charge in [-0.1, -0.05) is 79.1 Å². The Morgan fingerprint density at radius 1 is 0.958 bits per heavy atom. The van der Waals surface area contributed by atoms with Gasteiger partial charge in [0.25, 0.3) is 10.0 Å². The first-order valence-electron chi connectivity index (χ1n) is 15.9. The van der Waals surface area contributed by atoms with E-state index in [4.69, 9.17) is 4.74 Å². The summed E-state index contributed by atoms with van der Waals surface area (Å²) in [7, 11) is -2.85. The number of hydrogen-bond acceptors (Lipinski definition) is 5. The molecule has 1 aliphatic rings. The van der Waals surface area contributed by atoms with Crippen LogP contribution in [0.2, 0.25) is 0 Å². The molecule has 48 heavy (non-hydrogen) atoms. The summed E-state index contributed by atoms with van der Waals surface area (Å²) in [6.07, 6.45) is 3.82. The minimum atomic E-state index is -4.32. The van der Waals surface area contributed by atoms with Crippen LogP contribution in [0.3, 0.4) is 0 Å². The molecule has 1 N–H and O–H groups in total. The Morgan fingerprint density at radius 2 is 1.62 bits per heavy atom. The van der Waals surface area contributed by atoms with E-state index in [1.165, 1.54) is 36.3 Å². The van der Waals surface area contributed by atoms with Gasteiger partial charge in [0.15, 0.2) is 0 Å². The van der Waals surface area contributed by atoms with Crippen LogP contribution >= 0.6 is 15.9 Å². The van der Waals surface area contributed by atoms with Crippen molar-refractivity contribution in [1.82, 2.24) is 10.2 Å². The van der Waals surface area contributed by atoms with Gasteiger partial charge in [-0.3, -0.25) is 13.9 Å². The molecule has 0 aliphatic heterocycles. The molecule has 4 aromatic rings. The third kappa shape index (κ3) is 8.43. The van der Waals surface area contributed by atoms with Crippen LogP contribution in [0, 0.1) is 12.7 Å². The summed E-state index contributed by atoms with van der Waals surface area (Å²) in [6.45, 7) is 1.00. The number of carbonyl (C=O) groups excluding carboxylic acids is 2. The molecule has 0 bridgehead atoms. The quantitative estimate of drug-likeness (QED) is 0.163. The fourth-order valence-corrected chi connectivity index (χ4v) is 8.04. The Balaban J connectivity index is 1.58. The maximum atomic E-state index is 15.1. The molecule has 1 aliphatic carbocycles. The van der Waals surface area contributed by atoms with Crippen LogP contribution < -0.4 is 14.4 Å². The minimum Gasteiger partial charge on any atom is -0.496 e. The Labute approximate surface area is 290 Å². The molecule has 252 valence electrons. The number of ether oxygens (including phenoxy) is 1. The van der Waals surface area contributed by atoms with E-state index in [2.05, 4.69) is 21.2 Å². The molecule has 0 heterocycles. The Bertz CT molecular complexity index is 1830. The van der Waals surface area contributed by atoms with E-state index in [-0.39, 0.29) is 41.1 Å². The van der Waals surface area contributed by atoms with Crippen LogP contribution in [-0.4, -0.2) is 50.9 Å². The van der Waals surface area contributed by atoms with Gasteiger partial charge in [-0.05, 0) is 77.7 Å². The summed E-state index contributed by atoms with van der Waals surface area (Å²) in [5, 5.41) is 3.12. The highest BCUT2D eigenvalue weighted by Crippen LogP contribution is 2.31. The summed E-state index contributed by atoms with van der Waals surface area (Å²) < 4.78 is 50.5. The molecule has 1 saturated carbocycles. The Morgan fingerprint density at radius 3 is 2.27 bits per heavy atom. The number of halogens is 2. The van der Waals surface area contributed by atoms with Crippen molar-refractivity contribution in [3.05, 3.63) is 124 Å². The van der Waals surface area contributed by atoms with Gasteiger partial charge < -0.3 is 15.0 Å². The predicted octanol–water partition coefficient (Wildman–Crippen LogP) is 6.80. The van der Waals surface area contributed by atoms with Crippen molar-refractivity contribution in [1.29, 1.82) is 0 Å². The zero-order valence-corrected chi connectivity index (χ0v) is 29.3. The van der Waals surface area contributed by atoms with Gasteiger partial charge in [-0.25, -0.2) is 12.8 Å². The number of anilines is 1. The van der Waals surface area contributed by atoms with Gasteiger partial charge >= 0.3 is 0 Å². The lowest BCUT2D eigenvalue weighted by Crippen LogP contribution is -2.54. The monoisotopic (exact) mass is 735 g/mol. The molecule has 1 fully saturated rings. The first kappa shape index (κ1) is 35.1. The summed E-state index contributed by atoms with van der Waals surface area (Å²) in [5.41, 5.74) is 2.19. The third-order valence-corrected chi connectivity index (χ3v) is 11.0. The third-order valence-electron chi connectivity index (χ3n) is 8.58. The minimum absolute atomic E-state index is 0.0286. The van der Waals surface area contributed by atoms with Crippen molar-refractivity contribution in [3.63, 3.8) is 0 Å². The maximum absolute atomic E-state index is 15.1. The van der Waals surface area contributed by atoms with E-state index in [1.807, 2.05) is 37.3 Å². The van der Waals surface area contributed by atoms with Crippen molar-refractivity contribution >= 4 is 43.5 Å². The smallest absolute Gasteiger partial charge is 0.264 e. The second-order valence-electron chi connectivity index (χ2n) is 12.0. The molecular formula is C37H39BrFN3O5S. The van der Waals surface area contributed by atoms with Crippen molar-refractivity contribution in [3.8, 4) is 5.75 Å². The normalized spacial score (nSPS) is 13.9. The van der Waals surface area contributed by atoms with Crippen LogP contribution in [0.5, 0.6) is 5.75 Å². The highest BCUT2D eigenvalue weighted by Gasteiger charge is 2.36. The van der Waals surface area contributed by atoms with E-state index in [1.54, 1.807) is 42.5 Å². The highest BCUT2D eigenvalue weighted by atomic mass is 79.9. The van der Waals surface area contributed by atoms with Crippen molar-refractivity contribution < 1.29 is 27.1 Å². The van der Waals surface area contributed by atoms with E-state index in [0.717, 1.165) is 41.1 Å². The summed E-state index contributed by atoms with van der Waals surface area (Å²) in [4.78, 5) is 30.0. The molecule has 2 amide bonds. The first-order chi connectivity index (χ1) is 23.1. The van der Waals surface area contributed by atoms with Crippen LogP contribution in [0.15, 0.2) is 106 Å². The molecule has 0 aromatic heterocycles. The molecule has 0 radical (unpaired) electrons. The number of amides is 2. The molecule has 8 nitrogen and oxygen atoms in total. The van der Waals surface area contributed by atoms with Crippen LogP contribution in [0.4, 0.5) is 10.1 Å². The largest absolute Gasteiger partial charge is 0.496 e. The number of rotatable bonds is 13. The lowest BCUT2D eigenvalue weighted by atomic mass is 10.0. The lowest BCUT2D eigenvalue weighted by molar-refractivity contribution is -0.140. The predicted molar refractivity (Wildman–Crippen MR) is 188 cm³/mol. The Kier molecular flexibility index (Phi) is 11.5. The number of carbonyl (C=O) groups is 2. The zero-order valence-electron chi connectivity index (χ0n) is 26.9. The van der Waals surface area contributed by atoms with Gasteiger partial charge in [0.05, 0.1) is 22.2 Å². The molecule has 4 aromatic carbocycles. The van der Waals surface area contributed by atoms with Gasteiger partial charge in [0.1, 0.15) is 24.2 Å². The van der Waals surface area contributed by atoms with Crippen molar-refractivity contribution in [2.45, 2.75) is 62.6 Å². The van der Waals surface area contributed by atoms with E-state index in [0.29, 0.717) is 10.2 Å². The molecule has 0 saturated heterocycles. The molecule has 1 atom stereocenters. The topological polar surface area (TPSA) is 96.0 Å². The standard InChI is InChI=1S/C37H39BrFN3O5S/c1-26-16-18-30(19-17-26)42(48(45,46)31-20-21-35(47-2)32(38)23-31)25-36(43)41(24-28-12-6-9-15-33(28)39)34(22-27-10-4-3-5-11-27)37(44)40-29-13-7-8-14-29/h3-6,9-12,15-21,23,29,34H,7-8,13-14,22,24-25H2,1-2H3,(H,40,44)/t34-/m0/s1. The number of aryl methyl sites for hydroxylation is 1. The average molecular weight is 737 g/mol. The van der Waals surface area contributed by atoms with Gasteiger partial charge in [-0.15, -0.1) is 0 Å². The van der Waals surface area contributed by atoms with Crippen LogP contribution in [0.1, 0.15) is 42.4 Å². The fraction of sp³-hybridized carbons (Fsp3) is 0.297. The lowest BCUT2D eigenvalue weighted by Gasteiger charge is -2.34. The molecule has 0 spiro atoms. The zero-order chi connectivity index (χ0) is 34.3. The molecular weight excluding hydrogens is 697 g/mol. The number of benzene rings is 4. The van der Waals surface area contributed by atoms with Crippen molar-refractivity contribution in [2.24, 2.45) is 0 Å². The van der Waals surface area contributed by atoms with Crippen LogP contribution in [0.25, 0.3) is 0 Å². The second-order valence-corrected chi connectivity index (χ2v) is 14.7. The Hall–Kier alpha value is -4.22. The van der Waals surface area contributed by atoms with Gasteiger partial charge in [0.2, 0.25) is 11.8 Å². The summed E-state index contributed by atoms with van der Waals surface area (Å²) in [6, 6.07) is 25.5. The number of hydrogen-bond donors (Lipinski definition) is 1. The average Bonchev–Trinajstić information content (AvgIpc) is 3.59. The number of sulfonamides is 1. The first-order valence-corrected chi connectivity index (χ1v) is 18.1. The van der Waals surface area contributed by atoms with Gasteiger partial charge in [-0.2, -0.15) is 0 Å². The summed E-state index contributed by atoms with van der Waals surface area (Å²) >= 11 is 3.37.